The Morgan fingerprint density at radius 1 is 1.30 bits per heavy atom. The highest BCUT2D eigenvalue weighted by Crippen LogP contribution is 2.33. The van der Waals surface area contributed by atoms with Gasteiger partial charge >= 0.3 is 0 Å². The molecule has 3 aliphatic rings. The number of fused-ring (bicyclic) bond motifs is 1. The Morgan fingerprint density at radius 2 is 2.11 bits per heavy atom. The molecule has 1 aromatic carbocycles. The fraction of sp³-hybridized carbons (Fsp3) is 0.667. The molecule has 0 spiro atoms. The van der Waals surface area contributed by atoms with Crippen LogP contribution < -0.4 is 10.6 Å². The molecule has 0 aromatic heterocycles. The van der Waals surface area contributed by atoms with Crippen molar-refractivity contribution >= 4 is 5.91 Å². The number of morpholine rings is 1. The van der Waals surface area contributed by atoms with E-state index in [4.69, 9.17) is 4.74 Å². The van der Waals surface area contributed by atoms with Gasteiger partial charge in [0.25, 0.3) is 0 Å². The summed E-state index contributed by atoms with van der Waals surface area (Å²) in [5, 5.41) is 6.68. The number of ether oxygens (including phenoxy) is 1. The number of hydrogen-bond donors (Lipinski definition) is 2. The average molecular weight is 375 g/mol. The molecule has 1 aliphatic carbocycles. The fourth-order valence-electron chi connectivity index (χ4n) is 4.90. The minimum absolute atomic E-state index is 0.0303. The van der Waals surface area contributed by atoms with E-state index in [2.05, 4.69) is 15.5 Å². The van der Waals surface area contributed by atoms with Gasteiger partial charge in [-0.05, 0) is 42.9 Å². The van der Waals surface area contributed by atoms with Crippen LogP contribution in [0.15, 0.2) is 24.3 Å². The van der Waals surface area contributed by atoms with Crippen molar-refractivity contribution in [3.63, 3.8) is 0 Å². The molecule has 5 nitrogen and oxygen atoms in total. The first-order chi connectivity index (χ1) is 13.2. The van der Waals surface area contributed by atoms with E-state index in [9.17, 15) is 9.18 Å². The zero-order valence-corrected chi connectivity index (χ0v) is 15.8. The molecule has 0 radical (unpaired) electrons. The molecular formula is C21H30FN3O2. The first-order valence-corrected chi connectivity index (χ1v) is 10.3. The molecule has 27 heavy (non-hydrogen) atoms. The summed E-state index contributed by atoms with van der Waals surface area (Å²) in [6.07, 6.45) is 5.92. The highest BCUT2D eigenvalue weighted by molar-refractivity contribution is 5.82. The van der Waals surface area contributed by atoms with Gasteiger partial charge in [0.05, 0.1) is 25.3 Å². The van der Waals surface area contributed by atoms with Crippen molar-refractivity contribution in [1.29, 1.82) is 0 Å². The molecular weight excluding hydrogens is 345 g/mol. The van der Waals surface area contributed by atoms with Gasteiger partial charge in [-0.3, -0.25) is 9.69 Å². The van der Waals surface area contributed by atoms with Crippen LogP contribution in [0.4, 0.5) is 4.39 Å². The van der Waals surface area contributed by atoms with Crippen molar-refractivity contribution < 1.29 is 13.9 Å². The molecule has 2 saturated heterocycles. The van der Waals surface area contributed by atoms with E-state index in [1.54, 1.807) is 12.1 Å². The van der Waals surface area contributed by atoms with Crippen molar-refractivity contribution in [1.82, 2.24) is 15.5 Å². The number of benzene rings is 1. The summed E-state index contributed by atoms with van der Waals surface area (Å²) in [5.74, 6) is 0.491. The maximum Gasteiger partial charge on any atom is 0.237 e. The van der Waals surface area contributed by atoms with Gasteiger partial charge in [-0.1, -0.05) is 25.0 Å². The van der Waals surface area contributed by atoms with Crippen LogP contribution in [0.5, 0.6) is 0 Å². The lowest BCUT2D eigenvalue weighted by Gasteiger charge is -2.35. The molecule has 1 amide bonds. The van der Waals surface area contributed by atoms with Gasteiger partial charge in [-0.15, -0.1) is 0 Å². The van der Waals surface area contributed by atoms with Gasteiger partial charge in [0.2, 0.25) is 5.91 Å². The summed E-state index contributed by atoms with van der Waals surface area (Å²) in [5.41, 5.74) is 0.908. The van der Waals surface area contributed by atoms with Crippen LogP contribution in [0, 0.1) is 11.7 Å². The predicted octanol–water partition coefficient (Wildman–Crippen LogP) is 2.24. The van der Waals surface area contributed by atoms with E-state index in [1.165, 1.54) is 31.7 Å². The Labute approximate surface area is 160 Å². The summed E-state index contributed by atoms with van der Waals surface area (Å²) in [7, 11) is 0. The van der Waals surface area contributed by atoms with Crippen molar-refractivity contribution in [3.05, 3.63) is 35.6 Å². The zero-order valence-electron chi connectivity index (χ0n) is 15.8. The second kappa shape index (κ2) is 8.67. The molecule has 3 fully saturated rings. The number of amides is 1. The Morgan fingerprint density at radius 3 is 2.89 bits per heavy atom. The lowest BCUT2D eigenvalue weighted by molar-refractivity contribution is -0.123. The maximum atomic E-state index is 13.8. The molecule has 4 atom stereocenters. The molecule has 4 rings (SSSR count). The van der Waals surface area contributed by atoms with E-state index in [0.717, 1.165) is 25.1 Å². The highest BCUT2D eigenvalue weighted by Gasteiger charge is 2.38. The molecule has 4 unspecified atom stereocenters. The van der Waals surface area contributed by atoms with Crippen LogP contribution in [-0.4, -0.2) is 55.7 Å². The van der Waals surface area contributed by atoms with Crippen LogP contribution in [-0.2, 0) is 9.53 Å². The Kier molecular flexibility index (Phi) is 6.05. The smallest absolute Gasteiger partial charge is 0.237 e. The van der Waals surface area contributed by atoms with E-state index >= 15 is 0 Å². The average Bonchev–Trinajstić information content (AvgIpc) is 3.13. The van der Waals surface area contributed by atoms with Gasteiger partial charge in [-0.2, -0.15) is 0 Å². The Balaban J connectivity index is 1.40. The summed E-state index contributed by atoms with van der Waals surface area (Å²) < 4.78 is 19.2. The minimum atomic E-state index is -0.237. The normalized spacial score (nSPS) is 29.9. The van der Waals surface area contributed by atoms with Gasteiger partial charge in [0, 0.05) is 25.7 Å². The second-order valence-electron chi connectivity index (χ2n) is 8.07. The third-order valence-electron chi connectivity index (χ3n) is 6.37. The van der Waals surface area contributed by atoms with Crippen LogP contribution in [0.2, 0.25) is 0 Å². The number of nitrogens with one attached hydrogen (secondary N) is 2. The minimum Gasteiger partial charge on any atom is -0.379 e. The van der Waals surface area contributed by atoms with Gasteiger partial charge in [-0.25, -0.2) is 4.39 Å². The molecule has 2 N–H and O–H groups in total. The molecule has 1 aromatic rings. The lowest BCUT2D eigenvalue weighted by atomic mass is 9.85. The summed E-state index contributed by atoms with van der Waals surface area (Å²) >= 11 is 0. The van der Waals surface area contributed by atoms with Crippen LogP contribution in [0.1, 0.15) is 43.7 Å². The van der Waals surface area contributed by atoms with E-state index in [0.29, 0.717) is 31.7 Å². The SMILES string of the molecule is O=C(NCC(c1cccc(F)c1)N1CCOCC1)C1CC2CCCCC2N1. The first-order valence-electron chi connectivity index (χ1n) is 10.3. The molecule has 1 saturated carbocycles. The number of rotatable bonds is 5. The second-order valence-corrected chi connectivity index (χ2v) is 8.07. The number of hydrogen-bond acceptors (Lipinski definition) is 4. The molecule has 148 valence electrons. The fourth-order valence-corrected chi connectivity index (χ4v) is 4.90. The quantitative estimate of drug-likeness (QED) is 0.829. The number of carbonyl (C=O) groups is 1. The van der Waals surface area contributed by atoms with Gasteiger partial charge in [0.15, 0.2) is 0 Å². The first kappa shape index (κ1) is 18.8. The van der Waals surface area contributed by atoms with Crippen molar-refractivity contribution in [2.45, 2.75) is 50.2 Å². The van der Waals surface area contributed by atoms with E-state index in [1.807, 2.05) is 6.07 Å². The van der Waals surface area contributed by atoms with E-state index < -0.39 is 0 Å². The Bertz CT molecular complexity index is 636. The van der Waals surface area contributed by atoms with Crippen LogP contribution >= 0.6 is 0 Å². The summed E-state index contributed by atoms with van der Waals surface area (Å²) in [4.78, 5) is 15.1. The number of halogens is 1. The van der Waals surface area contributed by atoms with Crippen LogP contribution in [0.3, 0.4) is 0 Å². The van der Waals surface area contributed by atoms with Crippen molar-refractivity contribution in [2.75, 3.05) is 32.8 Å². The largest absolute Gasteiger partial charge is 0.379 e. The predicted molar refractivity (Wildman–Crippen MR) is 102 cm³/mol. The molecule has 2 aliphatic heterocycles. The molecule has 6 heteroatoms. The third-order valence-corrected chi connectivity index (χ3v) is 6.37. The van der Waals surface area contributed by atoms with Crippen molar-refractivity contribution in [2.24, 2.45) is 5.92 Å². The highest BCUT2D eigenvalue weighted by atomic mass is 19.1. The molecule has 2 heterocycles. The van der Waals surface area contributed by atoms with Gasteiger partial charge in [0.1, 0.15) is 5.82 Å². The van der Waals surface area contributed by atoms with Gasteiger partial charge < -0.3 is 15.4 Å². The van der Waals surface area contributed by atoms with Crippen molar-refractivity contribution in [3.8, 4) is 0 Å². The third kappa shape index (κ3) is 4.50. The zero-order chi connectivity index (χ0) is 18.6. The summed E-state index contributed by atoms with van der Waals surface area (Å²) in [6.45, 7) is 3.43. The van der Waals surface area contributed by atoms with E-state index in [-0.39, 0.29) is 23.8 Å². The summed E-state index contributed by atoms with van der Waals surface area (Å²) in [6, 6.07) is 7.11. The maximum absolute atomic E-state index is 13.8. The topological polar surface area (TPSA) is 53.6 Å². The van der Waals surface area contributed by atoms with Crippen LogP contribution in [0.25, 0.3) is 0 Å². The lowest BCUT2D eigenvalue weighted by Crippen LogP contribution is -2.47. The Hall–Kier alpha value is -1.50. The standard InChI is InChI=1S/C21H30FN3O2/c22-17-6-3-5-16(12-17)20(25-8-10-27-11-9-25)14-23-21(26)19-13-15-4-1-2-7-18(15)24-19/h3,5-6,12,15,18-20,24H,1-2,4,7-11,13-14H2,(H,23,26). The number of carbonyl (C=O) groups excluding carboxylic acids is 1. The number of nitrogens with zero attached hydrogens (tertiary/aromatic N) is 1. The monoisotopic (exact) mass is 375 g/mol. The molecule has 0 bridgehead atoms.